The minimum atomic E-state index is 0.0626. The minimum Gasteiger partial charge on any atom is -0.378 e. The fraction of sp³-hybridized carbons (Fsp3) is 0.688. The largest absolute Gasteiger partial charge is 0.378 e. The summed E-state index contributed by atoms with van der Waals surface area (Å²) in [5.41, 5.74) is 6.21. The zero-order valence-electron chi connectivity index (χ0n) is 13.8. The molecule has 7 heteroatoms. The highest BCUT2D eigenvalue weighted by Crippen LogP contribution is 2.37. The fourth-order valence-electron chi connectivity index (χ4n) is 3.19. The van der Waals surface area contributed by atoms with E-state index in [2.05, 4.69) is 24.8 Å². The molecule has 1 saturated heterocycles. The van der Waals surface area contributed by atoms with Gasteiger partial charge in [-0.05, 0) is 31.7 Å². The number of ether oxygens (including phenoxy) is 1. The number of nitrogens with two attached hydrogens (primary N) is 1. The quantitative estimate of drug-likeness (QED) is 0.641. The van der Waals surface area contributed by atoms with E-state index in [9.17, 15) is 0 Å². The first-order chi connectivity index (χ1) is 11.2. The van der Waals surface area contributed by atoms with Crippen LogP contribution >= 0.6 is 0 Å². The number of piperazine rings is 1. The van der Waals surface area contributed by atoms with Crippen LogP contribution in [0.3, 0.4) is 0 Å². The van der Waals surface area contributed by atoms with Gasteiger partial charge in [0.2, 0.25) is 5.95 Å². The standard InChI is InChI=1S/C16H26N6O/c1-23-16(4-2-5-16)6-9-18-14(17)21-10-12-22(13-11-21)15-19-7-3-8-20-15/h3,7-8H,2,4-6,9-13H2,1H3,(H2,17,18). The van der Waals surface area contributed by atoms with E-state index in [0.29, 0.717) is 5.96 Å². The first-order valence-electron chi connectivity index (χ1n) is 8.34. The van der Waals surface area contributed by atoms with E-state index in [1.165, 1.54) is 6.42 Å². The molecule has 1 aromatic heterocycles. The Morgan fingerprint density at radius 3 is 2.52 bits per heavy atom. The number of nitrogens with zero attached hydrogens (tertiary/aromatic N) is 5. The van der Waals surface area contributed by atoms with Gasteiger partial charge >= 0.3 is 0 Å². The number of hydrogen-bond acceptors (Lipinski definition) is 5. The molecular formula is C16H26N6O. The summed E-state index contributed by atoms with van der Waals surface area (Å²) in [5.74, 6) is 1.43. The molecule has 2 heterocycles. The summed E-state index contributed by atoms with van der Waals surface area (Å²) in [4.78, 5) is 17.5. The number of aromatic nitrogens is 2. The fourth-order valence-corrected chi connectivity index (χ4v) is 3.19. The predicted molar refractivity (Wildman–Crippen MR) is 90.5 cm³/mol. The molecule has 2 fully saturated rings. The van der Waals surface area contributed by atoms with Crippen molar-refractivity contribution in [2.75, 3.05) is 44.7 Å². The van der Waals surface area contributed by atoms with Gasteiger partial charge in [0.1, 0.15) is 0 Å². The number of anilines is 1. The van der Waals surface area contributed by atoms with Crippen molar-refractivity contribution in [3.05, 3.63) is 18.5 Å². The Morgan fingerprint density at radius 2 is 1.96 bits per heavy atom. The monoisotopic (exact) mass is 318 g/mol. The molecule has 0 bridgehead atoms. The highest BCUT2D eigenvalue weighted by atomic mass is 16.5. The van der Waals surface area contributed by atoms with Crippen molar-refractivity contribution in [3.63, 3.8) is 0 Å². The van der Waals surface area contributed by atoms with Gasteiger partial charge < -0.3 is 20.3 Å². The lowest BCUT2D eigenvalue weighted by atomic mass is 9.77. The Hall–Kier alpha value is -1.89. The normalized spacial score (nSPS) is 21.2. The Balaban J connectivity index is 1.46. The van der Waals surface area contributed by atoms with Crippen molar-refractivity contribution in [2.24, 2.45) is 10.7 Å². The second-order valence-electron chi connectivity index (χ2n) is 6.25. The minimum absolute atomic E-state index is 0.0626. The molecule has 0 atom stereocenters. The second-order valence-corrected chi connectivity index (χ2v) is 6.25. The van der Waals surface area contributed by atoms with Crippen molar-refractivity contribution < 1.29 is 4.74 Å². The van der Waals surface area contributed by atoms with Crippen LogP contribution in [0.15, 0.2) is 23.5 Å². The van der Waals surface area contributed by atoms with Gasteiger partial charge in [-0.1, -0.05) is 0 Å². The van der Waals surface area contributed by atoms with Crippen LogP contribution in [0.5, 0.6) is 0 Å². The Labute approximate surface area is 137 Å². The lowest BCUT2D eigenvalue weighted by molar-refractivity contribution is -0.0754. The molecule has 2 aliphatic rings. The average molecular weight is 318 g/mol. The van der Waals surface area contributed by atoms with E-state index in [0.717, 1.165) is 57.9 Å². The number of guanidine groups is 1. The maximum absolute atomic E-state index is 6.15. The van der Waals surface area contributed by atoms with Crippen molar-refractivity contribution >= 4 is 11.9 Å². The van der Waals surface area contributed by atoms with Crippen LogP contribution in [-0.4, -0.2) is 66.3 Å². The molecule has 7 nitrogen and oxygen atoms in total. The third-order valence-corrected chi connectivity index (χ3v) is 4.98. The summed E-state index contributed by atoms with van der Waals surface area (Å²) >= 11 is 0. The maximum Gasteiger partial charge on any atom is 0.225 e. The molecule has 126 valence electrons. The van der Waals surface area contributed by atoms with E-state index in [4.69, 9.17) is 10.5 Å². The maximum atomic E-state index is 6.15. The molecule has 0 aromatic carbocycles. The van der Waals surface area contributed by atoms with Crippen LogP contribution in [0.1, 0.15) is 25.7 Å². The SMILES string of the molecule is COC1(CCN=C(N)N2CCN(c3ncccn3)CC2)CCC1. The Bertz CT molecular complexity index is 517. The van der Waals surface area contributed by atoms with Crippen LogP contribution in [0.25, 0.3) is 0 Å². The van der Waals surface area contributed by atoms with Crippen molar-refractivity contribution in [1.82, 2.24) is 14.9 Å². The highest BCUT2D eigenvalue weighted by Gasteiger charge is 2.36. The van der Waals surface area contributed by atoms with Crippen molar-refractivity contribution in [2.45, 2.75) is 31.3 Å². The molecule has 3 rings (SSSR count). The van der Waals surface area contributed by atoms with Crippen LogP contribution in [0.2, 0.25) is 0 Å². The van der Waals surface area contributed by atoms with Crippen LogP contribution < -0.4 is 10.6 Å². The average Bonchev–Trinajstić information content (AvgIpc) is 2.58. The van der Waals surface area contributed by atoms with Crippen molar-refractivity contribution in [3.8, 4) is 0 Å². The first-order valence-corrected chi connectivity index (χ1v) is 8.34. The van der Waals surface area contributed by atoms with E-state index < -0.39 is 0 Å². The lowest BCUT2D eigenvalue weighted by Gasteiger charge is -2.40. The van der Waals surface area contributed by atoms with Gasteiger partial charge in [-0.25, -0.2) is 9.97 Å². The summed E-state index contributed by atoms with van der Waals surface area (Å²) in [5, 5.41) is 0. The molecule has 0 amide bonds. The highest BCUT2D eigenvalue weighted by molar-refractivity contribution is 5.78. The third-order valence-electron chi connectivity index (χ3n) is 4.98. The van der Waals surface area contributed by atoms with Crippen molar-refractivity contribution in [1.29, 1.82) is 0 Å². The smallest absolute Gasteiger partial charge is 0.225 e. The van der Waals surface area contributed by atoms with Crippen LogP contribution in [0.4, 0.5) is 5.95 Å². The van der Waals surface area contributed by atoms with Gasteiger partial charge in [-0.3, -0.25) is 4.99 Å². The summed E-state index contributed by atoms with van der Waals surface area (Å²) in [6, 6.07) is 1.83. The summed E-state index contributed by atoms with van der Waals surface area (Å²) in [6.07, 6.45) is 8.06. The number of rotatable bonds is 5. The molecule has 1 aliphatic carbocycles. The number of methoxy groups -OCH3 is 1. The van der Waals surface area contributed by atoms with Gasteiger partial charge in [0.25, 0.3) is 0 Å². The van der Waals surface area contributed by atoms with E-state index in [-0.39, 0.29) is 5.60 Å². The van der Waals surface area contributed by atoms with Gasteiger partial charge in [-0.15, -0.1) is 0 Å². The second kappa shape index (κ2) is 7.12. The summed E-state index contributed by atoms with van der Waals surface area (Å²) < 4.78 is 5.62. The molecule has 1 aromatic rings. The van der Waals surface area contributed by atoms with Gasteiger partial charge in [0.15, 0.2) is 5.96 Å². The molecule has 1 aliphatic heterocycles. The van der Waals surface area contributed by atoms with Gasteiger partial charge in [-0.2, -0.15) is 0 Å². The molecule has 2 N–H and O–H groups in total. The predicted octanol–water partition coefficient (Wildman–Crippen LogP) is 0.873. The first kappa shape index (κ1) is 16.0. The molecule has 23 heavy (non-hydrogen) atoms. The zero-order chi connectivity index (χ0) is 16.1. The van der Waals surface area contributed by atoms with E-state index >= 15 is 0 Å². The molecule has 0 unspecified atom stereocenters. The lowest BCUT2D eigenvalue weighted by Crippen LogP contribution is -2.51. The zero-order valence-corrected chi connectivity index (χ0v) is 13.8. The number of aliphatic imine (C=N–C) groups is 1. The summed E-state index contributed by atoms with van der Waals surface area (Å²) in [7, 11) is 1.80. The Kier molecular flexibility index (Phi) is 4.95. The molecule has 0 radical (unpaired) electrons. The third kappa shape index (κ3) is 3.72. The molecule has 1 saturated carbocycles. The van der Waals surface area contributed by atoms with E-state index in [1.54, 1.807) is 19.5 Å². The van der Waals surface area contributed by atoms with Crippen LogP contribution in [-0.2, 0) is 4.74 Å². The molecule has 0 spiro atoms. The van der Waals surface area contributed by atoms with E-state index in [1.807, 2.05) is 6.07 Å². The topological polar surface area (TPSA) is 79.9 Å². The Morgan fingerprint density at radius 1 is 1.26 bits per heavy atom. The number of hydrogen-bond donors (Lipinski definition) is 1. The molecular weight excluding hydrogens is 292 g/mol. The summed E-state index contributed by atoms with van der Waals surface area (Å²) in [6.45, 7) is 4.16. The van der Waals surface area contributed by atoms with Crippen LogP contribution in [0, 0.1) is 0 Å². The van der Waals surface area contributed by atoms with Gasteiger partial charge in [0.05, 0.1) is 5.60 Å². The van der Waals surface area contributed by atoms with Gasteiger partial charge in [0, 0.05) is 52.2 Å².